The number of hydrogen-bond acceptors (Lipinski definition) is 3. The number of anilines is 1. The van der Waals surface area contributed by atoms with Crippen molar-refractivity contribution in [1.82, 2.24) is 0 Å². The van der Waals surface area contributed by atoms with E-state index in [0.717, 1.165) is 27.8 Å². The highest BCUT2D eigenvalue weighted by Gasteiger charge is 2.23. The van der Waals surface area contributed by atoms with E-state index in [2.05, 4.69) is 4.72 Å². The predicted molar refractivity (Wildman–Crippen MR) is 93.9 cm³/mol. The van der Waals surface area contributed by atoms with Crippen molar-refractivity contribution in [1.29, 1.82) is 0 Å². The van der Waals surface area contributed by atoms with E-state index in [0.29, 0.717) is 16.3 Å². The van der Waals surface area contributed by atoms with Gasteiger partial charge in [-0.2, -0.15) is 0 Å². The molecule has 1 N–H and O–H groups in total. The molecule has 2 aromatic carbocycles. The van der Waals surface area contributed by atoms with E-state index in [1.807, 2.05) is 34.6 Å². The normalized spacial score (nSPS) is 11.4. The van der Waals surface area contributed by atoms with Gasteiger partial charge >= 0.3 is 0 Å². The Morgan fingerprint density at radius 3 is 1.65 bits per heavy atom. The van der Waals surface area contributed by atoms with Crippen molar-refractivity contribution in [3.8, 4) is 5.75 Å². The predicted octanol–water partition coefficient (Wildman–Crippen LogP) is 4.04. The second kappa shape index (κ2) is 6.24. The van der Waals surface area contributed by atoms with E-state index < -0.39 is 10.0 Å². The van der Waals surface area contributed by atoms with Gasteiger partial charge in [0, 0.05) is 5.69 Å². The topological polar surface area (TPSA) is 55.4 Å². The van der Waals surface area contributed by atoms with E-state index in [1.54, 1.807) is 31.4 Å². The quantitative estimate of drug-likeness (QED) is 0.919. The van der Waals surface area contributed by atoms with Crippen LogP contribution in [0.2, 0.25) is 0 Å². The molecule has 0 bridgehead atoms. The number of sulfonamides is 1. The zero-order valence-corrected chi connectivity index (χ0v) is 15.3. The first-order chi connectivity index (χ1) is 10.7. The highest BCUT2D eigenvalue weighted by molar-refractivity contribution is 7.92. The minimum atomic E-state index is -3.65. The fraction of sp³-hybridized carbons (Fsp3) is 0.333. The van der Waals surface area contributed by atoms with Crippen LogP contribution in [0.3, 0.4) is 0 Å². The fourth-order valence-electron chi connectivity index (χ4n) is 2.73. The second-order valence-corrected chi connectivity index (χ2v) is 7.41. The van der Waals surface area contributed by atoms with E-state index in [4.69, 9.17) is 4.74 Å². The lowest BCUT2D eigenvalue weighted by molar-refractivity contribution is 0.415. The molecule has 0 aliphatic carbocycles. The van der Waals surface area contributed by atoms with Crippen LogP contribution in [0.15, 0.2) is 29.2 Å². The second-order valence-electron chi connectivity index (χ2n) is 5.79. The average Bonchev–Trinajstić information content (AvgIpc) is 2.51. The summed E-state index contributed by atoms with van der Waals surface area (Å²) in [7, 11) is -2.07. The van der Waals surface area contributed by atoms with Crippen LogP contribution in [0.5, 0.6) is 5.75 Å². The summed E-state index contributed by atoms with van der Waals surface area (Å²) in [5.41, 5.74) is 5.29. The third-order valence-corrected chi connectivity index (χ3v) is 6.20. The molecule has 2 rings (SSSR count). The molecule has 5 heteroatoms. The molecule has 0 radical (unpaired) electrons. The van der Waals surface area contributed by atoms with Gasteiger partial charge in [0.1, 0.15) is 5.75 Å². The summed E-state index contributed by atoms with van der Waals surface area (Å²) in [4.78, 5) is 0.369. The molecule has 0 aliphatic rings. The van der Waals surface area contributed by atoms with Gasteiger partial charge in [0.25, 0.3) is 10.0 Å². The van der Waals surface area contributed by atoms with Gasteiger partial charge in [-0.05, 0) is 86.7 Å². The number of nitrogens with one attached hydrogen (secondary N) is 1. The van der Waals surface area contributed by atoms with Crippen LogP contribution in [0.25, 0.3) is 0 Å². The molecular formula is C18H23NO3S. The Bertz CT molecular complexity index is 809. The van der Waals surface area contributed by atoms with Crippen LogP contribution in [-0.2, 0) is 10.0 Å². The smallest absolute Gasteiger partial charge is 0.262 e. The molecule has 0 aliphatic heterocycles. The van der Waals surface area contributed by atoms with Gasteiger partial charge in [-0.1, -0.05) is 0 Å². The molecule has 2 aromatic rings. The number of methoxy groups -OCH3 is 1. The zero-order valence-electron chi connectivity index (χ0n) is 14.4. The third-order valence-electron chi connectivity index (χ3n) is 4.54. The average molecular weight is 333 g/mol. The SMILES string of the molecule is COc1ccc(NS(=O)(=O)c2c(C)c(C)c(C)c(C)c2C)cc1. The molecule has 124 valence electrons. The van der Waals surface area contributed by atoms with Crippen molar-refractivity contribution in [2.24, 2.45) is 0 Å². The Morgan fingerprint density at radius 1 is 0.783 bits per heavy atom. The van der Waals surface area contributed by atoms with Crippen LogP contribution >= 0.6 is 0 Å². The lowest BCUT2D eigenvalue weighted by Crippen LogP contribution is -2.17. The molecule has 0 atom stereocenters. The molecule has 0 saturated heterocycles. The maximum atomic E-state index is 12.9. The Labute approximate surface area is 138 Å². The van der Waals surface area contributed by atoms with Gasteiger partial charge in [0.05, 0.1) is 12.0 Å². The minimum absolute atomic E-state index is 0.369. The van der Waals surface area contributed by atoms with E-state index >= 15 is 0 Å². The van der Waals surface area contributed by atoms with Crippen molar-refractivity contribution in [3.63, 3.8) is 0 Å². The highest BCUT2D eigenvalue weighted by atomic mass is 32.2. The number of ether oxygens (including phenoxy) is 1. The lowest BCUT2D eigenvalue weighted by atomic mass is 9.95. The molecule has 0 spiro atoms. The minimum Gasteiger partial charge on any atom is -0.497 e. The Balaban J connectivity index is 2.51. The van der Waals surface area contributed by atoms with Crippen LogP contribution in [0.4, 0.5) is 5.69 Å². The molecule has 0 heterocycles. The van der Waals surface area contributed by atoms with E-state index in [9.17, 15) is 8.42 Å². The lowest BCUT2D eigenvalue weighted by Gasteiger charge is -2.19. The maximum Gasteiger partial charge on any atom is 0.262 e. The van der Waals surface area contributed by atoms with Gasteiger partial charge in [-0.15, -0.1) is 0 Å². The summed E-state index contributed by atoms with van der Waals surface area (Å²) < 4.78 is 33.5. The van der Waals surface area contributed by atoms with Crippen molar-refractivity contribution in [3.05, 3.63) is 52.1 Å². The Morgan fingerprint density at radius 2 is 1.22 bits per heavy atom. The largest absolute Gasteiger partial charge is 0.497 e. The van der Waals surface area contributed by atoms with Gasteiger partial charge in [0.15, 0.2) is 0 Å². The number of rotatable bonds is 4. The van der Waals surface area contributed by atoms with Crippen LogP contribution < -0.4 is 9.46 Å². The number of hydrogen-bond donors (Lipinski definition) is 1. The molecule has 0 unspecified atom stereocenters. The van der Waals surface area contributed by atoms with Crippen molar-refractivity contribution >= 4 is 15.7 Å². The molecule has 0 saturated carbocycles. The molecule has 0 amide bonds. The summed E-state index contributed by atoms with van der Waals surface area (Å²) in [5.74, 6) is 0.683. The van der Waals surface area contributed by atoms with Crippen LogP contribution in [0.1, 0.15) is 27.8 Å². The molecular weight excluding hydrogens is 310 g/mol. The summed E-state index contributed by atoms with van der Waals surface area (Å²) >= 11 is 0. The Hall–Kier alpha value is -2.01. The first kappa shape index (κ1) is 17.3. The van der Waals surface area contributed by atoms with Gasteiger partial charge in [-0.25, -0.2) is 8.42 Å². The van der Waals surface area contributed by atoms with Crippen LogP contribution in [0, 0.1) is 34.6 Å². The summed E-state index contributed by atoms with van der Waals surface area (Å²) in [6.45, 7) is 9.67. The molecule has 23 heavy (non-hydrogen) atoms. The van der Waals surface area contributed by atoms with Crippen molar-refractivity contribution in [2.75, 3.05) is 11.8 Å². The Kier molecular flexibility index (Phi) is 4.71. The van der Waals surface area contributed by atoms with Gasteiger partial charge in [0.2, 0.25) is 0 Å². The molecule has 4 nitrogen and oxygen atoms in total. The molecule has 0 aromatic heterocycles. The van der Waals surface area contributed by atoms with Crippen LogP contribution in [-0.4, -0.2) is 15.5 Å². The monoisotopic (exact) mass is 333 g/mol. The van der Waals surface area contributed by atoms with Gasteiger partial charge in [-0.3, -0.25) is 4.72 Å². The number of benzene rings is 2. The van der Waals surface area contributed by atoms with Crippen molar-refractivity contribution in [2.45, 2.75) is 39.5 Å². The summed E-state index contributed by atoms with van der Waals surface area (Å²) in [6, 6.07) is 6.83. The first-order valence-electron chi connectivity index (χ1n) is 7.43. The molecule has 0 fully saturated rings. The van der Waals surface area contributed by atoms with Gasteiger partial charge < -0.3 is 4.74 Å². The standard InChI is InChI=1S/C18H23NO3S/c1-11-12(2)14(4)18(15(5)13(11)3)23(20,21)19-16-7-9-17(22-6)10-8-16/h7-10,19H,1-6H3. The first-order valence-corrected chi connectivity index (χ1v) is 8.91. The third kappa shape index (κ3) is 3.20. The van der Waals surface area contributed by atoms with Crippen molar-refractivity contribution < 1.29 is 13.2 Å². The van der Waals surface area contributed by atoms with E-state index in [1.165, 1.54) is 0 Å². The highest BCUT2D eigenvalue weighted by Crippen LogP contribution is 2.31. The fourth-order valence-corrected chi connectivity index (χ4v) is 4.39. The summed E-state index contributed by atoms with van der Waals surface area (Å²) in [6.07, 6.45) is 0. The van der Waals surface area contributed by atoms with E-state index in [-0.39, 0.29) is 0 Å². The summed E-state index contributed by atoms with van der Waals surface area (Å²) in [5, 5.41) is 0. The zero-order chi connectivity index (χ0) is 17.4. The maximum absolute atomic E-state index is 12.9.